The van der Waals surface area contributed by atoms with E-state index in [0.29, 0.717) is 6.54 Å². The number of rotatable bonds is 3. The molecule has 0 amide bonds. The fourth-order valence-corrected chi connectivity index (χ4v) is 0.797. The summed E-state index contributed by atoms with van der Waals surface area (Å²) in [4.78, 5) is 10.3. The molecule has 0 aliphatic carbocycles. The molecule has 0 spiro atoms. The average molecular weight is 154 g/mol. The quantitative estimate of drug-likeness (QED) is 0.638. The predicted octanol–water partition coefficient (Wildman–Crippen LogP) is -0.100. The lowest BCUT2D eigenvalue weighted by molar-refractivity contribution is -0.138. The van der Waals surface area contributed by atoms with Crippen molar-refractivity contribution in [3.05, 3.63) is 24.5 Å². The maximum atomic E-state index is 10.3. The van der Waals surface area contributed by atoms with Crippen LogP contribution in [0.3, 0.4) is 0 Å². The summed E-state index contributed by atoms with van der Waals surface area (Å²) >= 11 is 0. The van der Waals surface area contributed by atoms with E-state index in [0.717, 1.165) is 0 Å². The Bertz CT molecular complexity index is 231. The number of aromatic nitrogens is 1. The number of carboxylic acids is 1. The van der Waals surface area contributed by atoms with Crippen LogP contribution in [0.15, 0.2) is 24.5 Å². The predicted molar refractivity (Wildman–Crippen MR) is 40.0 cm³/mol. The maximum absolute atomic E-state index is 10.3. The number of nitrogens with zero attached hydrogens (tertiary/aromatic N) is 1. The molecule has 3 N–H and O–H groups in total. The summed E-state index contributed by atoms with van der Waals surface area (Å²) in [5.41, 5.74) is 5.29. The van der Waals surface area contributed by atoms with E-state index in [1.807, 2.05) is 12.1 Å². The molecule has 0 radical (unpaired) electrons. The summed E-state index contributed by atoms with van der Waals surface area (Å²) in [5, 5.41) is 8.44. The average Bonchev–Trinajstić information content (AvgIpc) is 2.39. The first-order valence-electron chi connectivity index (χ1n) is 3.29. The van der Waals surface area contributed by atoms with Gasteiger partial charge in [-0.05, 0) is 12.1 Å². The van der Waals surface area contributed by atoms with Gasteiger partial charge in [0.25, 0.3) is 0 Å². The minimum atomic E-state index is -0.973. The van der Waals surface area contributed by atoms with Crippen molar-refractivity contribution in [2.45, 2.75) is 12.6 Å². The molecule has 60 valence electrons. The van der Waals surface area contributed by atoms with Crippen molar-refractivity contribution in [3.63, 3.8) is 0 Å². The highest BCUT2D eigenvalue weighted by atomic mass is 16.4. The molecule has 4 nitrogen and oxygen atoms in total. The highest BCUT2D eigenvalue weighted by Gasteiger charge is 2.10. The highest BCUT2D eigenvalue weighted by molar-refractivity contribution is 5.72. The molecule has 0 saturated carbocycles. The van der Waals surface area contributed by atoms with E-state index in [1.165, 1.54) is 0 Å². The minimum absolute atomic E-state index is 0.322. The molecule has 1 aromatic rings. The van der Waals surface area contributed by atoms with Crippen molar-refractivity contribution in [1.82, 2.24) is 4.57 Å². The normalized spacial score (nSPS) is 12.8. The van der Waals surface area contributed by atoms with E-state index in [1.54, 1.807) is 17.0 Å². The number of hydrogen-bond donors (Lipinski definition) is 2. The zero-order valence-electron chi connectivity index (χ0n) is 5.97. The number of carbonyl (C=O) groups is 1. The number of nitrogens with two attached hydrogens (primary N) is 1. The van der Waals surface area contributed by atoms with Crippen LogP contribution in [0.1, 0.15) is 0 Å². The lowest BCUT2D eigenvalue weighted by Gasteiger charge is -2.06. The lowest BCUT2D eigenvalue weighted by Crippen LogP contribution is -2.34. The van der Waals surface area contributed by atoms with Gasteiger partial charge in [0.05, 0.1) is 0 Å². The molecule has 11 heavy (non-hydrogen) atoms. The third-order valence-electron chi connectivity index (χ3n) is 1.39. The Morgan fingerprint density at radius 2 is 2.09 bits per heavy atom. The van der Waals surface area contributed by atoms with Crippen molar-refractivity contribution in [3.8, 4) is 0 Å². The summed E-state index contributed by atoms with van der Waals surface area (Å²) in [6.45, 7) is 0.322. The standard InChI is InChI=1S/C7H10N2O2/c8-6(7(10)11)5-9-3-1-2-4-9/h1-4,6H,5,8H2,(H,10,11)/t6-/m1/s1. The Labute approximate surface area is 64.2 Å². The second kappa shape index (κ2) is 3.21. The summed E-state index contributed by atoms with van der Waals surface area (Å²) < 4.78 is 1.73. The Balaban J connectivity index is 2.50. The molecule has 1 rings (SSSR count). The summed E-state index contributed by atoms with van der Waals surface area (Å²) in [6, 6.07) is 2.84. The van der Waals surface area contributed by atoms with Gasteiger partial charge < -0.3 is 15.4 Å². The second-order valence-corrected chi connectivity index (χ2v) is 2.32. The van der Waals surface area contributed by atoms with Gasteiger partial charge in [0.2, 0.25) is 0 Å². The molecule has 4 heteroatoms. The third-order valence-corrected chi connectivity index (χ3v) is 1.39. The number of hydrogen-bond acceptors (Lipinski definition) is 2. The third kappa shape index (κ3) is 2.09. The minimum Gasteiger partial charge on any atom is -0.480 e. The van der Waals surface area contributed by atoms with Crippen molar-refractivity contribution in [2.75, 3.05) is 0 Å². The first-order valence-corrected chi connectivity index (χ1v) is 3.29. The van der Waals surface area contributed by atoms with Gasteiger partial charge in [0.15, 0.2) is 0 Å². The second-order valence-electron chi connectivity index (χ2n) is 2.32. The van der Waals surface area contributed by atoms with Gasteiger partial charge in [-0.1, -0.05) is 0 Å². The van der Waals surface area contributed by atoms with Gasteiger partial charge in [-0.2, -0.15) is 0 Å². The van der Waals surface area contributed by atoms with E-state index in [-0.39, 0.29) is 0 Å². The van der Waals surface area contributed by atoms with Crippen molar-refractivity contribution >= 4 is 5.97 Å². The molecule has 0 aliphatic rings. The first kappa shape index (κ1) is 7.81. The molecule has 1 heterocycles. The molecule has 0 saturated heterocycles. The van der Waals surface area contributed by atoms with E-state index < -0.39 is 12.0 Å². The Morgan fingerprint density at radius 3 is 2.55 bits per heavy atom. The van der Waals surface area contributed by atoms with E-state index >= 15 is 0 Å². The summed E-state index contributed by atoms with van der Waals surface area (Å²) in [5.74, 6) is -0.973. The van der Waals surface area contributed by atoms with Crippen molar-refractivity contribution in [2.24, 2.45) is 5.73 Å². The van der Waals surface area contributed by atoms with Gasteiger partial charge in [-0.3, -0.25) is 4.79 Å². The molecule has 0 aliphatic heterocycles. The molecular formula is C7H10N2O2. The zero-order chi connectivity index (χ0) is 8.27. The molecule has 0 bridgehead atoms. The first-order chi connectivity index (χ1) is 5.20. The molecule has 1 aromatic heterocycles. The molecule has 0 aromatic carbocycles. The smallest absolute Gasteiger partial charge is 0.322 e. The topological polar surface area (TPSA) is 68.2 Å². The monoisotopic (exact) mass is 154 g/mol. The van der Waals surface area contributed by atoms with Crippen LogP contribution in [-0.4, -0.2) is 21.7 Å². The summed E-state index contributed by atoms with van der Waals surface area (Å²) in [7, 11) is 0. The SMILES string of the molecule is N[C@H](Cn1cccc1)C(=O)O. The highest BCUT2D eigenvalue weighted by Crippen LogP contribution is 1.92. The fraction of sp³-hybridized carbons (Fsp3) is 0.286. The zero-order valence-corrected chi connectivity index (χ0v) is 5.97. The number of aliphatic carboxylic acids is 1. The Hall–Kier alpha value is -1.29. The van der Waals surface area contributed by atoms with Gasteiger partial charge in [-0.25, -0.2) is 0 Å². The van der Waals surface area contributed by atoms with Crippen LogP contribution in [0.5, 0.6) is 0 Å². The lowest BCUT2D eigenvalue weighted by atomic mass is 10.3. The van der Waals surface area contributed by atoms with Crippen LogP contribution >= 0.6 is 0 Å². The molecular weight excluding hydrogens is 144 g/mol. The van der Waals surface area contributed by atoms with Crippen molar-refractivity contribution < 1.29 is 9.90 Å². The van der Waals surface area contributed by atoms with Crippen LogP contribution < -0.4 is 5.73 Å². The molecule has 1 atom stereocenters. The van der Waals surface area contributed by atoms with Gasteiger partial charge >= 0.3 is 5.97 Å². The van der Waals surface area contributed by atoms with E-state index in [9.17, 15) is 4.79 Å². The summed E-state index contributed by atoms with van der Waals surface area (Å²) in [6.07, 6.45) is 3.56. The molecule has 0 unspecified atom stereocenters. The Morgan fingerprint density at radius 1 is 1.55 bits per heavy atom. The van der Waals surface area contributed by atoms with Crippen LogP contribution in [0, 0.1) is 0 Å². The van der Waals surface area contributed by atoms with Crippen LogP contribution in [0.2, 0.25) is 0 Å². The largest absolute Gasteiger partial charge is 0.480 e. The van der Waals surface area contributed by atoms with Crippen LogP contribution in [-0.2, 0) is 11.3 Å². The Kier molecular flexibility index (Phi) is 2.28. The van der Waals surface area contributed by atoms with Gasteiger partial charge in [-0.15, -0.1) is 0 Å². The maximum Gasteiger partial charge on any atom is 0.322 e. The van der Waals surface area contributed by atoms with Gasteiger partial charge in [0.1, 0.15) is 6.04 Å². The van der Waals surface area contributed by atoms with Gasteiger partial charge in [0, 0.05) is 18.9 Å². The van der Waals surface area contributed by atoms with E-state index in [2.05, 4.69) is 0 Å². The van der Waals surface area contributed by atoms with Crippen LogP contribution in [0.25, 0.3) is 0 Å². The molecule has 0 fully saturated rings. The van der Waals surface area contributed by atoms with Crippen LogP contribution in [0.4, 0.5) is 0 Å². The fourth-order valence-electron chi connectivity index (χ4n) is 0.797. The van der Waals surface area contributed by atoms with E-state index in [4.69, 9.17) is 10.8 Å². The number of carboxylic acid groups (broad SMARTS) is 1. The van der Waals surface area contributed by atoms with Crippen molar-refractivity contribution in [1.29, 1.82) is 0 Å².